The number of nitrogens with zero attached hydrogens (tertiary/aromatic N) is 1. The minimum atomic E-state index is -0.527. The summed E-state index contributed by atoms with van der Waals surface area (Å²) >= 11 is 0. The van der Waals surface area contributed by atoms with E-state index in [1.54, 1.807) is 4.90 Å². The largest absolute Gasteiger partial charge is 0.494 e. The molecule has 3 aliphatic heterocycles. The molecule has 0 bridgehead atoms. The average molecular weight is 553 g/mol. The first-order valence-electron chi connectivity index (χ1n) is 14.3. The predicted octanol–water partition coefficient (Wildman–Crippen LogP) is 4.64. The van der Waals surface area contributed by atoms with Gasteiger partial charge in [-0.15, -0.1) is 0 Å². The van der Waals surface area contributed by atoms with Gasteiger partial charge < -0.3 is 28.8 Å². The van der Waals surface area contributed by atoms with Crippen LogP contribution in [0.4, 0.5) is 4.79 Å². The summed E-state index contributed by atoms with van der Waals surface area (Å²) < 4.78 is 28.8. The van der Waals surface area contributed by atoms with Crippen LogP contribution in [-0.4, -0.2) is 74.4 Å². The van der Waals surface area contributed by atoms with Gasteiger partial charge in [-0.3, -0.25) is 4.90 Å². The summed E-state index contributed by atoms with van der Waals surface area (Å²) in [6.45, 7) is 17.9. The zero-order valence-corrected chi connectivity index (χ0v) is 25.1. The van der Waals surface area contributed by atoms with Gasteiger partial charge in [-0.25, -0.2) is 4.79 Å². The van der Waals surface area contributed by atoms with Crippen molar-refractivity contribution in [3.05, 3.63) is 65.7 Å². The smallest absolute Gasteiger partial charge is 0.444 e. The van der Waals surface area contributed by atoms with E-state index < -0.39 is 12.7 Å². The summed E-state index contributed by atoms with van der Waals surface area (Å²) in [5.74, 6) is 0. The van der Waals surface area contributed by atoms with Crippen molar-refractivity contribution in [2.24, 2.45) is 0 Å². The fourth-order valence-electron chi connectivity index (χ4n) is 4.74. The molecule has 5 rings (SSSR count). The van der Waals surface area contributed by atoms with E-state index in [2.05, 4.69) is 29.6 Å². The zero-order valence-electron chi connectivity index (χ0n) is 25.1. The number of hydrogen-bond acceptors (Lipinski definition) is 7. The van der Waals surface area contributed by atoms with Crippen LogP contribution in [0.3, 0.4) is 0 Å². The molecule has 0 spiro atoms. The highest BCUT2D eigenvalue weighted by Gasteiger charge is 2.51. The molecule has 1 amide bonds. The number of amides is 1. The number of benzene rings is 2. The lowest BCUT2D eigenvalue weighted by Gasteiger charge is -2.36. The summed E-state index contributed by atoms with van der Waals surface area (Å²) in [7, 11) is -0.399. The van der Waals surface area contributed by atoms with E-state index in [1.165, 1.54) is 5.56 Å². The van der Waals surface area contributed by atoms with Gasteiger partial charge in [0.2, 0.25) is 0 Å². The second-order valence-electron chi connectivity index (χ2n) is 12.5. The Labute approximate surface area is 239 Å². The number of hydrogen-bond donors (Lipinski definition) is 1. The highest BCUT2D eigenvalue weighted by molar-refractivity contribution is 6.62. The van der Waals surface area contributed by atoms with E-state index in [4.69, 9.17) is 23.5 Å². The molecular formula is C31H45BN2O6. The first-order valence-corrected chi connectivity index (χ1v) is 14.3. The molecule has 3 saturated heterocycles. The van der Waals surface area contributed by atoms with Crippen LogP contribution in [0.15, 0.2) is 54.6 Å². The maximum absolute atomic E-state index is 12.6. The molecule has 3 aliphatic rings. The fraction of sp³-hybridized carbons (Fsp3) is 0.581. The molecular weight excluding hydrogens is 507 g/mol. The summed E-state index contributed by atoms with van der Waals surface area (Å²) in [6.07, 6.45) is -0.309. The van der Waals surface area contributed by atoms with E-state index >= 15 is 0 Å². The summed E-state index contributed by atoms with van der Waals surface area (Å²) in [5, 5.41) is 3.41. The second-order valence-corrected chi connectivity index (χ2v) is 12.5. The average Bonchev–Trinajstić information content (AvgIpc) is 3.15. The Balaban J connectivity index is 0.000000255. The monoisotopic (exact) mass is 552 g/mol. The van der Waals surface area contributed by atoms with Gasteiger partial charge in [0.25, 0.3) is 0 Å². The van der Waals surface area contributed by atoms with Crippen molar-refractivity contribution >= 4 is 18.7 Å². The molecule has 40 heavy (non-hydrogen) atoms. The number of carbonyl (C=O) groups excluding carboxylic acids is 1. The minimum Gasteiger partial charge on any atom is -0.444 e. The van der Waals surface area contributed by atoms with Crippen LogP contribution in [0.25, 0.3) is 0 Å². The Morgan fingerprint density at radius 1 is 0.900 bits per heavy atom. The van der Waals surface area contributed by atoms with E-state index in [1.807, 2.05) is 78.8 Å². The molecule has 8 nitrogen and oxygen atoms in total. The Morgan fingerprint density at radius 3 is 2.10 bits per heavy atom. The third-order valence-electron chi connectivity index (χ3n) is 7.73. The highest BCUT2D eigenvalue weighted by atomic mass is 16.7. The topological polar surface area (TPSA) is 78.5 Å². The van der Waals surface area contributed by atoms with Crippen LogP contribution in [0.1, 0.15) is 71.7 Å². The minimum absolute atomic E-state index is 0.170. The molecule has 0 radical (unpaired) electrons. The third kappa shape index (κ3) is 7.65. The summed E-state index contributed by atoms with van der Waals surface area (Å²) in [4.78, 5) is 14.4. The molecule has 0 aromatic heterocycles. The number of morpholine rings is 2. The lowest BCUT2D eigenvalue weighted by atomic mass is 9.78. The first kappa shape index (κ1) is 30.5. The maximum Gasteiger partial charge on any atom is 0.494 e. The number of rotatable bonds is 3. The molecule has 2 unspecified atom stereocenters. The van der Waals surface area contributed by atoms with Crippen molar-refractivity contribution in [1.82, 2.24) is 10.2 Å². The van der Waals surface area contributed by atoms with Gasteiger partial charge in [-0.1, -0.05) is 54.6 Å². The summed E-state index contributed by atoms with van der Waals surface area (Å²) in [6, 6.07) is 18.7. The van der Waals surface area contributed by atoms with E-state index in [0.29, 0.717) is 25.8 Å². The molecule has 2 atom stereocenters. The molecule has 1 N–H and O–H groups in total. The number of ether oxygens (including phenoxy) is 3. The van der Waals surface area contributed by atoms with Crippen molar-refractivity contribution in [3.8, 4) is 0 Å². The highest BCUT2D eigenvalue weighted by Crippen LogP contribution is 2.36. The number of nitrogens with one attached hydrogen (secondary N) is 1. The van der Waals surface area contributed by atoms with Crippen LogP contribution >= 0.6 is 0 Å². The van der Waals surface area contributed by atoms with Crippen molar-refractivity contribution in [3.63, 3.8) is 0 Å². The molecule has 0 aliphatic carbocycles. The van der Waals surface area contributed by atoms with Crippen LogP contribution < -0.4 is 10.8 Å². The molecule has 218 valence electrons. The summed E-state index contributed by atoms with van der Waals surface area (Å²) in [5.41, 5.74) is 2.01. The lowest BCUT2D eigenvalue weighted by Crippen LogP contribution is -2.45. The van der Waals surface area contributed by atoms with Gasteiger partial charge in [0, 0.05) is 13.1 Å². The molecule has 2 aromatic carbocycles. The Bertz CT molecular complexity index is 1080. The van der Waals surface area contributed by atoms with Crippen LogP contribution in [0.5, 0.6) is 0 Å². The van der Waals surface area contributed by atoms with Gasteiger partial charge in [0.05, 0.1) is 49.7 Å². The van der Waals surface area contributed by atoms with Crippen molar-refractivity contribution in [2.75, 3.05) is 39.5 Å². The van der Waals surface area contributed by atoms with Crippen LogP contribution in [-0.2, 0) is 23.5 Å². The van der Waals surface area contributed by atoms with Crippen LogP contribution in [0, 0.1) is 0 Å². The van der Waals surface area contributed by atoms with E-state index in [9.17, 15) is 4.79 Å². The standard InChI is InChI=1S/C21H32BNO5.C10H13NO/c1-19(2,3)26-18(24)23-12-13-25-14-17(23)15-8-10-16(11-9-15)22-27-20(4,5)21(6,7)28-22;1-2-4-9(5-3-1)10-8-12-7-6-11-10/h8-11,17H,12-14H2,1-7H3;1-5,10-11H,6-8H2. The predicted molar refractivity (Wildman–Crippen MR) is 157 cm³/mol. The molecule has 3 heterocycles. The Hall–Kier alpha value is -2.43. The van der Waals surface area contributed by atoms with E-state index in [-0.39, 0.29) is 23.3 Å². The van der Waals surface area contributed by atoms with Crippen molar-refractivity contribution in [1.29, 1.82) is 0 Å². The van der Waals surface area contributed by atoms with E-state index in [0.717, 1.165) is 30.8 Å². The van der Waals surface area contributed by atoms with Crippen molar-refractivity contribution < 1.29 is 28.3 Å². The molecule has 2 aromatic rings. The second kappa shape index (κ2) is 12.6. The molecule has 0 saturated carbocycles. The number of carbonyl (C=O) groups is 1. The van der Waals surface area contributed by atoms with Gasteiger partial charge in [-0.2, -0.15) is 0 Å². The third-order valence-corrected chi connectivity index (χ3v) is 7.73. The van der Waals surface area contributed by atoms with Gasteiger partial charge in [0.15, 0.2) is 0 Å². The maximum atomic E-state index is 12.6. The Kier molecular flexibility index (Phi) is 9.63. The molecule has 3 fully saturated rings. The fourth-order valence-corrected chi connectivity index (χ4v) is 4.74. The SMILES string of the molecule is CC(C)(C)OC(=O)N1CCOCC1c1ccc(B2OC(C)(C)C(C)(C)O2)cc1.c1ccc(C2COCCN2)cc1. The van der Waals surface area contributed by atoms with Crippen LogP contribution in [0.2, 0.25) is 0 Å². The van der Waals surface area contributed by atoms with Gasteiger partial charge in [-0.05, 0) is 65.1 Å². The quantitative estimate of drug-likeness (QED) is 0.556. The molecule has 9 heteroatoms. The zero-order chi connectivity index (χ0) is 29.0. The first-order chi connectivity index (χ1) is 18.9. The van der Waals surface area contributed by atoms with Gasteiger partial charge >= 0.3 is 13.2 Å². The van der Waals surface area contributed by atoms with Crippen molar-refractivity contribution in [2.45, 2.75) is 77.4 Å². The normalized spacial score (nSPS) is 24.2. The lowest BCUT2D eigenvalue weighted by molar-refractivity contribution is -0.0331. The Morgan fingerprint density at radius 2 is 1.52 bits per heavy atom. The van der Waals surface area contributed by atoms with Gasteiger partial charge in [0.1, 0.15) is 5.60 Å².